The zero-order valence-corrected chi connectivity index (χ0v) is 10.5. The number of nitrogens with one attached hydrogen (secondary N) is 1. The van der Waals surface area contributed by atoms with Crippen molar-refractivity contribution in [1.82, 2.24) is 9.97 Å². The van der Waals surface area contributed by atoms with Crippen molar-refractivity contribution < 1.29 is 0 Å². The number of hydrogen-bond acceptors (Lipinski definition) is 2. The van der Waals surface area contributed by atoms with E-state index in [1.54, 1.807) is 6.33 Å². The first kappa shape index (κ1) is 10.8. The summed E-state index contributed by atoms with van der Waals surface area (Å²) in [6, 6.07) is 4.12. The Labute approximate surface area is 98.4 Å². The number of rotatable bonds is 2. The molecule has 0 spiro atoms. The lowest BCUT2D eigenvalue weighted by atomic mass is 10.0. The molecule has 4 heteroatoms. The Morgan fingerprint density at radius 2 is 2.13 bits per heavy atom. The summed E-state index contributed by atoms with van der Waals surface area (Å²) in [5.74, 6) is 0. The first-order chi connectivity index (χ1) is 7.04. The average molecular weight is 241 g/mol. The van der Waals surface area contributed by atoms with E-state index in [9.17, 15) is 0 Å². The molecule has 0 atom stereocenters. The van der Waals surface area contributed by atoms with Crippen LogP contribution in [0.4, 0.5) is 0 Å². The fraction of sp³-hybridized carbons (Fsp3) is 0.364. The number of halogens is 1. The lowest BCUT2D eigenvalue weighted by Crippen LogP contribution is -2.10. The maximum Gasteiger partial charge on any atom is 0.107 e. The van der Waals surface area contributed by atoms with Crippen LogP contribution in [0.25, 0.3) is 11.0 Å². The number of thioether (sulfide) groups is 1. The molecule has 0 unspecified atom stereocenters. The zero-order valence-electron chi connectivity index (χ0n) is 8.97. The Morgan fingerprint density at radius 1 is 1.40 bits per heavy atom. The van der Waals surface area contributed by atoms with E-state index in [1.165, 1.54) is 5.56 Å². The Hall–Kier alpha value is -0.670. The Morgan fingerprint density at radius 3 is 2.80 bits per heavy atom. The number of nitrogens with zero attached hydrogens (tertiary/aromatic N) is 1. The molecule has 1 aromatic carbocycles. The second-order valence-electron chi connectivity index (χ2n) is 3.97. The predicted octanol–water partition coefficient (Wildman–Crippen LogP) is 3.81. The highest BCUT2D eigenvalue weighted by Crippen LogP contribution is 2.36. The highest BCUT2D eigenvalue weighted by atomic mass is 35.5. The van der Waals surface area contributed by atoms with Crippen molar-refractivity contribution in [2.75, 3.05) is 6.26 Å². The number of fused-ring (bicyclic) bond motifs is 1. The van der Waals surface area contributed by atoms with Gasteiger partial charge in [0.2, 0.25) is 0 Å². The van der Waals surface area contributed by atoms with Crippen molar-refractivity contribution in [3.8, 4) is 0 Å². The lowest BCUT2D eigenvalue weighted by molar-refractivity contribution is 0.786. The molecule has 1 aromatic heterocycles. The van der Waals surface area contributed by atoms with Gasteiger partial charge in [-0.1, -0.05) is 11.6 Å². The van der Waals surface area contributed by atoms with E-state index in [2.05, 4.69) is 36.1 Å². The maximum atomic E-state index is 6.17. The Kier molecular flexibility index (Phi) is 2.69. The van der Waals surface area contributed by atoms with E-state index < -0.39 is 0 Å². The van der Waals surface area contributed by atoms with Crippen LogP contribution in [0.5, 0.6) is 0 Å². The van der Waals surface area contributed by atoms with E-state index >= 15 is 0 Å². The molecule has 2 aromatic rings. The molecule has 2 rings (SSSR count). The van der Waals surface area contributed by atoms with Crippen LogP contribution >= 0.6 is 23.4 Å². The summed E-state index contributed by atoms with van der Waals surface area (Å²) in [5, 5.41) is 0.714. The molecule has 0 saturated carbocycles. The third kappa shape index (κ3) is 1.86. The van der Waals surface area contributed by atoms with E-state index in [-0.39, 0.29) is 4.75 Å². The van der Waals surface area contributed by atoms with Crippen molar-refractivity contribution in [3.63, 3.8) is 0 Å². The molecule has 0 radical (unpaired) electrons. The molecule has 2 nitrogen and oxygen atoms in total. The third-order valence-electron chi connectivity index (χ3n) is 2.68. The minimum absolute atomic E-state index is 0.0724. The van der Waals surface area contributed by atoms with Gasteiger partial charge in [0.05, 0.1) is 16.9 Å². The third-order valence-corrected chi connectivity index (χ3v) is 4.23. The van der Waals surface area contributed by atoms with Gasteiger partial charge in [0.1, 0.15) is 5.52 Å². The quantitative estimate of drug-likeness (QED) is 0.865. The van der Waals surface area contributed by atoms with Gasteiger partial charge in [0.15, 0.2) is 0 Å². The van der Waals surface area contributed by atoms with E-state index in [4.69, 9.17) is 11.6 Å². The number of H-pyrrole nitrogens is 1. The van der Waals surface area contributed by atoms with Crippen LogP contribution in [0.15, 0.2) is 18.5 Å². The van der Waals surface area contributed by atoms with Gasteiger partial charge in [0.25, 0.3) is 0 Å². The standard InChI is InChI=1S/C11H13ClN2S/c1-11(2,15-3)7-4-8(12)10-9(5-7)13-6-14-10/h4-6H,1-3H3,(H,13,14). The summed E-state index contributed by atoms with van der Waals surface area (Å²) in [6.45, 7) is 4.37. The van der Waals surface area contributed by atoms with Crippen molar-refractivity contribution >= 4 is 34.4 Å². The van der Waals surface area contributed by atoms with Gasteiger partial charge in [-0.15, -0.1) is 0 Å². The summed E-state index contributed by atoms with van der Waals surface area (Å²) in [7, 11) is 0. The second kappa shape index (κ2) is 3.72. The number of aromatic amines is 1. The molecular weight excluding hydrogens is 228 g/mol. The van der Waals surface area contributed by atoms with Gasteiger partial charge in [-0.2, -0.15) is 11.8 Å². The predicted molar refractivity (Wildman–Crippen MR) is 67.6 cm³/mol. The monoisotopic (exact) mass is 240 g/mol. The van der Waals surface area contributed by atoms with E-state index in [1.807, 2.05) is 17.8 Å². The lowest BCUT2D eigenvalue weighted by Gasteiger charge is -2.22. The van der Waals surface area contributed by atoms with Crippen LogP contribution in [0.2, 0.25) is 5.02 Å². The smallest absolute Gasteiger partial charge is 0.107 e. The largest absolute Gasteiger partial charge is 0.345 e. The van der Waals surface area contributed by atoms with Crippen molar-refractivity contribution in [1.29, 1.82) is 0 Å². The molecule has 0 fully saturated rings. The van der Waals surface area contributed by atoms with Gasteiger partial charge in [-0.25, -0.2) is 4.98 Å². The molecule has 80 valence electrons. The van der Waals surface area contributed by atoms with Crippen LogP contribution in [-0.4, -0.2) is 16.2 Å². The van der Waals surface area contributed by atoms with Crippen LogP contribution in [0.1, 0.15) is 19.4 Å². The number of imidazole rings is 1. The minimum Gasteiger partial charge on any atom is -0.345 e. The maximum absolute atomic E-state index is 6.17. The summed E-state index contributed by atoms with van der Waals surface area (Å²) in [5.41, 5.74) is 3.06. The molecule has 1 heterocycles. The van der Waals surface area contributed by atoms with E-state index in [0.29, 0.717) is 5.02 Å². The SMILES string of the molecule is CSC(C)(C)c1cc(Cl)c2nc[nH]c2c1. The molecule has 15 heavy (non-hydrogen) atoms. The van der Waals surface area contributed by atoms with Gasteiger partial charge < -0.3 is 4.98 Å². The minimum atomic E-state index is 0.0724. The second-order valence-corrected chi connectivity index (χ2v) is 5.81. The highest BCUT2D eigenvalue weighted by Gasteiger charge is 2.20. The molecular formula is C11H13ClN2S. The number of benzene rings is 1. The Bertz CT molecular complexity index is 490. The van der Waals surface area contributed by atoms with Crippen molar-refractivity contribution in [2.45, 2.75) is 18.6 Å². The topological polar surface area (TPSA) is 28.7 Å². The van der Waals surface area contributed by atoms with Gasteiger partial charge >= 0.3 is 0 Å². The molecule has 0 saturated heterocycles. The van der Waals surface area contributed by atoms with Crippen LogP contribution in [0, 0.1) is 0 Å². The van der Waals surface area contributed by atoms with Gasteiger partial charge in [0, 0.05) is 4.75 Å². The van der Waals surface area contributed by atoms with Crippen molar-refractivity contribution in [3.05, 3.63) is 29.0 Å². The normalized spacial score (nSPS) is 12.3. The number of aromatic nitrogens is 2. The van der Waals surface area contributed by atoms with Crippen molar-refractivity contribution in [2.24, 2.45) is 0 Å². The first-order valence-corrected chi connectivity index (χ1v) is 6.33. The molecule has 0 aliphatic heterocycles. The zero-order chi connectivity index (χ0) is 11.1. The number of hydrogen-bond donors (Lipinski definition) is 1. The Balaban J connectivity index is 2.63. The van der Waals surface area contributed by atoms with E-state index in [0.717, 1.165) is 11.0 Å². The van der Waals surface area contributed by atoms with Crippen LogP contribution < -0.4 is 0 Å². The molecule has 0 aliphatic carbocycles. The van der Waals surface area contributed by atoms with Crippen LogP contribution in [0.3, 0.4) is 0 Å². The highest BCUT2D eigenvalue weighted by molar-refractivity contribution is 7.99. The average Bonchev–Trinajstić information content (AvgIpc) is 2.66. The fourth-order valence-electron chi connectivity index (χ4n) is 1.47. The fourth-order valence-corrected chi connectivity index (χ4v) is 2.09. The van der Waals surface area contributed by atoms with Crippen LogP contribution in [-0.2, 0) is 4.75 Å². The molecule has 1 N–H and O–H groups in total. The molecule has 0 bridgehead atoms. The van der Waals surface area contributed by atoms with Gasteiger partial charge in [-0.05, 0) is 37.8 Å². The molecule has 0 amide bonds. The summed E-state index contributed by atoms with van der Waals surface area (Å²) < 4.78 is 0.0724. The van der Waals surface area contributed by atoms with Gasteiger partial charge in [-0.3, -0.25) is 0 Å². The first-order valence-electron chi connectivity index (χ1n) is 4.73. The summed E-state index contributed by atoms with van der Waals surface area (Å²) in [4.78, 5) is 7.27. The summed E-state index contributed by atoms with van der Waals surface area (Å²) >= 11 is 7.98. The summed E-state index contributed by atoms with van der Waals surface area (Å²) in [6.07, 6.45) is 3.78. The molecule has 0 aliphatic rings.